The number of hydrogen-bond donors (Lipinski definition) is 0. The molecule has 4 rings (SSSR count). The van der Waals surface area contributed by atoms with Crippen LogP contribution >= 0.6 is 21.6 Å². The molecule has 0 spiro atoms. The fourth-order valence-electron chi connectivity index (χ4n) is 2.56. The molecule has 2 atom stereocenters. The number of fused-ring (bicyclic) bond motifs is 4. The van der Waals surface area contributed by atoms with Crippen molar-refractivity contribution in [3.63, 3.8) is 0 Å². The number of likely N-dealkylation sites (N-methyl/N-ethyl adjacent to an activating group) is 1. The average molecular weight is 312 g/mol. The first-order valence-electron chi connectivity index (χ1n) is 6.29. The van der Waals surface area contributed by atoms with E-state index in [9.17, 15) is 9.59 Å². The van der Waals surface area contributed by atoms with Crippen molar-refractivity contribution in [2.24, 2.45) is 7.05 Å². The molecule has 6 nitrogen and oxygen atoms in total. The van der Waals surface area contributed by atoms with Crippen molar-refractivity contribution in [2.45, 2.75) is 24.4 Å². The summed E-state index contributed by atoms with van der Waals surface area (Å²) in [7, 11) is 6.67. The molecule has 3 aliphatic rings. The van der Waals surface area contributed by atoms with Crippen molar-refractivity contribution in [2.75, 3.05) is 12.8 Å². The van der Waals surface area contributed by atoms with Gasteiger partial charge in [0, 0.05) is 26.0 Å². The van der Waals surface area contributed by atoms with Crippen LogP contribution in [0.4, 0.5) is 0 Å². The summed E-state index contributed by atoms with van der Waals surface area (Å²) >= 11 is 0. The van der Waals surface area contributed by atoms with E-state index in [0.717, 1.165) is 5.69 Å². The highest BCUT2D eigenvalue weighted by molar-refractivity contribution is 8.77. The molecule has 0 saturated carbocycles. The van der Waals surface area contributed by atoms with E-state index in [1.165, 1.54) is 10.8 Å². The summed E-state index contributed by atoms with van der Waals surface area (Å²) in [4.78, 5) is 31.9. The number of amides is 2. The quantitative estimate of drug-likeness (QED) is 0.753. The van der Waals surface area contributed by atoms with Crippen LogP contribution in [-0.4, -0.2) is 54.9 Å². The fourth-order valence-corrected chi connectivity index (χ4v) is 5.57. The summed E-state index contributed by atoms with van der Waals surface area (Å²) in [5.41, 5.74) is 0.802. The summed E-state index contributed by atoms with van der Waals surface area (Å²) in [6, 6.07) is -0.362. The molecule has 2 bridgehead atoms. The summed E-state index contributed by atoms with van der Waals surface area (Å²) < 4.78 is 1.84. The highest BCUT2D eigenvalue weighted by Gasteiger charge is 2.55. The number of carbonyl (C=O) groups is 2. The van der Waals surface area contributed by atoms with E-state index in [1.54, 1.807) is 34.0 Å². The predicted octanol–water partition coefficient (Wildman–Crippen LogP) is 0.701. The van der Waals surface area contributed by atoms with Gasteiger partial charge in [-0.3, -0.25) is 9.59 Å². The number of aryl methyl sites for hydroxylation is 1. The maximum Gasteiger partial charge on any atom is 0.260 e. The summed E-state index contributed by atoms with van der Waals surface area (Å²) in [5, 5.41) is 0. The summed E-state index contributed by atoms with van der Waals surface area (Å²) in [5.74, 6) is 0.644. The van der Waals surface area contributed by atoms with Crippen molar-refractivity contribution in [3.05, 3.63) is 18.2 Å². The highest BCUT2D eigenvalue weighted by atomic mass is 33.1. The Morgan fingerprint density at radius 2 is 2.20 bits per heavy atom. The summed E-state index contributed by atoms with van der Waals surface area (Å²) in [6.07, 6.45) is 3.58. The van der Waals surface area contributed by atoms with Crippen LogP contribution < -0.4 is 0 Å². The maximum absolute atomic E-state index is 12.7. The van der Waals surface area contributed by atoms with Crippen LogP contribution in [0.15, 0.2) is 12.5 Å². The average Bonchev–Trinajstić information content (AvgIpc) is 2.73. The lowest BCUT2D eigenvalue weighted by molar-refractivity contribution is -0.161. The van der Waals surface area contributed by atoms with Crippen LogP contribution in [0.1, 0.15) is 12.6 Å². The molecular weight excluding hydrogens is 296 g/mol. The van der Waals surface area contributed by atoms with E-state index in [4.69, 9.17) is 0 Å². The van der Waals surface area contributed by atoms with Crippen LogP contribution in [-0.2, 0) is 23.2 Å². The van der Waals surface area contributed by atoms with Crippen LogP contribution in [0.2, 0.25) is 0 Å². The van der Waals surface area contributed by atoms with Crippen LogP contribution in [0.25, 0.3) is 0 Å². The van der Waals surface area contributed by atoms with E-state index >= 15 is 0 Å². The van der Waals surface area contributed by atoms with Gasteiger partial charge in [0.2, 0.25) is 5.91 Å². The molecule has 1 aromatic rings. The SMILES string of the molecule is CN1C(=O)C2(C)SSCC1C(=O)N2Cc1cn(C)cn1. The number of piperazine rings is 1. The van der Waals surface area contributed by atoms with Crippen molar-refractivity contribution < 1.29 is 9.59 Å². The molecule has 20 heavy (non-hydrogen) atoms. The first-order valence-corrected chi connectivity index (χ1v) is 8.61. The molecule has 3 aliphatic heterocycles. The van der Waals surface area contributed by atoms with Gasteiger partial charge in [0.05, 0.1) is 18.6 Å². The maximum atomic E-state index is 12.7. The van der Waals surface area contributed by atoms with Gasteiger partial charge in [-0.1, -0.05) is 21.6 Å². The first-order chi connectivity index (χ1) is 9.43. The van der Waals surface area contributed by atoms with Gasteiger partial charge < -0.3 is 14.4 Å². The van der Waals surface area contributed by atoms with Gasteiger partial charge in [-0.25, -0.2) is 4.98 Å². The molecule has 3 saturated heterocycles. The third-order valence-corrected chi connectivity index (χ3v) is 6.80. The van der Waals surface area contributed by atoms with E-state index in [2.05, 4.69) is 4.98 Å². The Bertz CT molecular complexity index is 576. The van der Waals surface area contributed by atoms with Gasteiger partial charge in [-0.15, -0.1) is 0 Å². The second-order valence-electron chi connectivity index (χ2n) is 5.24. The third kappa shape index (κ3) is 1.93. The largest absolute Gasteiger partial charge is 0.340 e. The number of aromatic nitrogens is 2. The fraction of sp³-hybridized carbons (Fsp3) is 0.583. The number of rotatable bonds is 2. The second-order valence-corrected chi connectivity index (χ2v) is 7.98. The molecule has 4 heterocycles. The van der Waals surface area contributed by atoms with E-state index in [-0.39, 0.29) is 17.9 Å². The smallest absolute Gasteiger partial charge is 0.260 e. The Balaban J connectivity index is 1.97. The normalized spacial score (nSPS) is 30.1. The van der Waals surface area contributed by atoms with Crippen LogP contribution in [0.5, 0.6) is 0 Å². The minimum Gasteiger partial charge on any atom is -0.340 e. The molecule has 0 N–H and O–H groups in total. The van der Waals surface area contributed by atoms with Crippen molar-refractivity contribution >= 4 is 33.4 Å². The zero-order valence-corrected chi connectivity index (χ0v) is 13.2. The molecule has 2 amide bonds. The van der Waals surface area contributed by atoms with Gasteiger partial charge in [0.25, 0.3) is 5.91 Å². The highest BCUT2D eigenvalue weighted by Crippen LogP contribution is 2.47. The Morgan fingerprint density at radius 3 is 2.85 bits per heavy atom. The number of imidazole rings is 1. The van der Waals surface area contributed by atoms with Crippen LogP contribution in [0, 0.1) is 0 Å². The standard InChI is InChI=1S/C12H16N4O2S2/c1-12-11(18)15(3)9(6-19-20-12)10(17)16(12)5-8-4-14(2)7-13-8/h4,7,9H,5-6H2,1-3H3. The lowest BCUT2D eigenvalue weighted by Gasteiger charge is -2.45. The van der Waals surface area contributed by atoms with Crippen LogP contribution in [0.3, 0.4) is 0 Å². The monoisotopic (exact) mass is 312 g/mol. The molecule has 8 heteroatoms. The van der Waals surface area contributed by atoms with Gasteiger partial charge in [0.1, 0.15) is 6.04 Å². The van der Waals surface area contributed by atoms with Gasteiger partial charge in [-0.05, 0) is 6.92 Å². The first kappa shape index (κ1) is 13.8. The predicted molar refractivity (Wildman–Crippen MR) is 78.8 cm³/mol. The molecule has 0 aromatic carbocycles. The van der Waals surface area contributed by atoms with Gasteiger partial charge in [0.15, 0.2) is 4.87 Å². The Kier molecular flexibility index (Phi) is 3.24. The molecule has 1 aromatic heterocycles. The molecule has 0 aliphatic carbocycles. The lowest BCUT2D eigenvalue weighted by atomic mass is 10.1. The van der Waals surface area contributed by atoms with Gasteiger partial charge in [-0.2, -0.15) is 0 Å². The number of nitrogens with zero attached hydrogens (tertiary/aromatic N) is 4. The van der Waals surface area contributed by atoms with E-state index < -0.39 is 4.87 Å². The van der Waals surface area contributed by atoms with Crippen molar-refractivity contribution in [3.8, 4) is 0 Å². The molecule has 3 fully saturated rings. The second kappa shape index (κ2) is 4.70. The summed E-state index contributed by atoms with van der Waals surface area (Å²) in [6.45, 7) is 2.20. The van der Waals surface area contributed by atoms with Gasteiger partial charge >= 0.3 is 0 Å². The molecule has 108 valence electrons. The number of hydrogen-bond acceptors (Lipinski definition) is 5. The third-order valence-electron chi connectivity index (χ3n) is 3.78. The Morgan fingerprint density at radius 1 is 1.45 bits per heavy atom. The number of carbonyl (C=O) groups excluding carboxylic acids is 2. The Hall–Kier alpha value is -1.15. The Labute approximate surface area is 125 Å². The zero-order chi connectivity index (χ0) is 14.5. The van der Waals surface area contributed by atoms with Crippen molar-refractivity contribution in [1.82, 2.24) is 19.4 Å². The minimum absolute atomic E-state index is 0.00645. The zero-order valence-electron chi connectivity index (χ0n) is 11.6. The van der Waals surface area contributed by atoms with Crippen molar-refractivity contribution in [1.29, 1.82) is 0 Å². The molecular formula is C12H16N4O2S2. The van der Waals surface area contributed by atoms with E-state index in [1.807, 2.05) is 24.7 Å². The van der Waals surface area contributed by atoms with E-state index in [0.29, 0.717) is 12.3 Å². The topological polar surface area (TPSA) is 58.4 Å². The minimum atomic E-state index is -0.846. The lowest BCUT2D eigenvalue weighted by Crippen LogP contribution is -2.66. The molecule has 2 unspecified atom stereocenters. The molecule has 0 radical (unpaired) electrons.